The fourth-order valence-corrected chi connectivity index (χ4v) is 2.32. The molecule has 6 heteroatoms. The fraction of sp³-hybridized carbons (Fsp3) is 0.357. The predicted molar refractivity (Wildman–Crippen MR) is 85.1 cm³/mol. The minimum absolute atomic E-state index is 0.102. The highest BCUT2D eigenvalue weighted by molar-refractivity contribution is 9.10. The Morgan fingerprint density at radius 1 is 1.40 bits per heavy atom. The van der Waals surface area contributed by atoms with Crippen molar-refractivity contribution >= 4 is 27.3 Å². The van der Waals surface area contributed by atoms with Crippen LogP contribution in [0.2, 0.25) is 0 Å². The van der Waals surface area contributed by atoms with Crippen LogP contribution < -0.4 is 10.2 Å². The molecule has 1 heterocycles. The van der Waals surface area contributed by atoms with Gasteiger partial charge in [-0.25, -0.2) is 0 Å². The van der Waals surface area contributed by atoms with E-state index < -0.39 is 0 Å². The molecular formula is C14H19BrN4O. The molecule has 0 radical (unpaired) electrons. The summed E-state index contributed by atoms with van der Waals surface area (Å²) >= 11 is 3.49. The van der Waals surface area contributed by atoms with Crippen molar-refractivity contribution in [3.63, 3.8) is 0 Å². The van der Waals surface area contributed by atoms with Gasteiger partial charge >= 0.3 is 0 Å². The lowest BCUT2D eigenvalue weighted by atomic mass is 10.2. The van der Waals surface area contributed by atoms with Crippen LogP contribution in [-0.2, 0) is 13.1 Å². The van der Waals surface area contributed by atoms with Gasteiger partial charge in [-0.05, 0) is 18.2 Å². The molecule has 1 aromatic heterocycles. The molecule has 1 aromatic carbocycles. The van der Waals surface area contributed by atoms with E-state index >= 15 is 0 Å². The number of aliphatic hydroxyl groups is 1. The summed E-state index contributed by atoms with van der Waals surface area (Å²) in [4.78, 5) is 2.07. The van der Waals surface area contributed by atoms with Crippen molar-refractivity contribution < 1.29 is 5.11 Å². The second kappa shape index (κ2) is 6.76. The molecule has 0 saturated carbocycles. The zero-order valence-electron chi connectivity index (χ0n) is 11.7. The average molecular weight is 339 g/mol. The minimum Gasteiger partial charge on any atom is -0.394 e. The highest BCUT2D eigenvalue weighted by Crippen LogP contribution is 2.28. The molecule has 108 valence electrons. The number of benzene rings is 1. The van der Waals surface area contributed by atoms with E-state index in [1.54, 1.807) is 4.68 Å². The molecule has 0 aliphatic carbocycles. The molecule has 0 saturated heterocycles. The zero-order valence-corrected chi connectivity index (χ0v) is 13.3. The molecule has 5 nitrogen and oxygen atoms in total. The number of hydrogen-bond donors (Lipinski definition) is 2. The lowest BCUT2D eigenvalue weighted by Crippen LogP contribution is -2.12. The number of aliphatic hydroxyl groups excluding tert-OH is 1. The lowest BCUT2D eigenvalue weighted by Gasteiger charge is -2.18. The number of aromatic nitrogens is 2. The molecule has 0 atom stereocenters. The van der Waals surface area contributed by atoms with Crippen molar-refractivity contribution in [2.24, 2.45) is 0 Å². The van der Waals surface area contributed by atoms with E-state index in [2.05, 4.69) is 43.4 Å². The summed E-state index contributed by atoms with van der Waals surface area (Å²) in [5.74, 6) is 0. The van der Waals surface area contributed by atoms with E-state index in [0.717, 1.165) is 21.4 Å². The number of anilines is 2. The standard InChI is InChI=1S/C14H19BrN4O/c1-18(2)14-4-3-12(15)7-13(14)16-8-11-9-17-19(10-11)5-6-20/h3-4,7,9-10,16,20H,5-6,8H2,1-2H3. The van der Waals surface area contributed by atoms with E-state index in [9.17, 15) is 0 Å². The van der Waals surface area contributed by atoms with Gasteiger partial charge in [-0.1, -0.05) is 15.9 Å². The summed E-state index contributed by atoms with van der Waals surface area (Å²) < 4.78 is 2.78. The van der Waals surface area contributed by atoms with E-state index in [1.165, 1.54) is 0 Å². The van der Waals surface area contributed by atoms with Crippen LogP contribution in [0.25, 0.3) is 0 Å². The van der Waals surface area contributed by atoms with Crippen molar-refractivity contribution in [1.82, 2.24) is 9.78 Å². The maximum absolute atomic E-state index is 8.88. The molecule has 0 amide bonds. The van der Waals surface area contributed by atoms with Crippen LogP contribution in [0.3, 0.4) is 0 Å². The van der Waals surface area contributed by atoms with Crippen molar-refractivity contribution in [3.05, 3.63) is 40.6 Å². The number of nitrogens with zero attached hydrogens (tertiary/aromatic N) is 3. The molecule has 0 aliphatic rings. The van der Waals surface area contributed by atoms with Gasteiger partial charge in [0.25, 0.3) is 0 Å². The van der Waals surface area contributed by atoms with Crippen molar-refractivity contribution in [1.29, 1.82) is 0 Å². The van der Waals surface area contributed by atoms with Gasteiger partial charge in [0, 0.05) is 36.9 Å². The molecule has 2 aromatic rings. The van der Waals surface area contributed by atoms with Gasteiger partial charge < -0.3 is 15.3 Å². The summed E-state index contributed by atoms with van der Waals surface area (Å²) in [6, 6.07) is 6.16. The first-order chi connectivity index (χ1) is 9.60. The first-order valence-electron chi connectivity index (χ1n) is 6.43. The Hall–Kier alpha value is -1.53. The zero-order chi connectivity index (χ0) is 14.5. The number of halogens is 1. The first kappa shape index (κ1) is 14.9. The first-order valence-corrected chi connectivity index (χ1v) is 7.22. The molecule has 2 N–H and O–H groups in total. The Bertz CT molecular complexity index is 568. The highest BCUT2D eigenvalue weighted by atomic mass is 79.9. The minimum atomic E-state index is 0.102. The second-order valence-electron chi connectivity index (χ2n) is 4.74. The number of rotatable bonds is 6. The second-order valence-corrected chi connectivity index (χ2v) is 5.66. The molecular weight excluding hydrogens is 320 g/mol. The highest BCUT2D eigenvalue weighted by Gasteiger charge is 2.06. The van der Waals surface area contributed by atoms with Gasteiger partial charge in [0.15, 0.2) is 0 Å². The third-order valence-corrected chi connectivity index (χ3v) is 3.43. The summed E-state index contributed by atoms with van der Waals surface area (Å²) in [5, 5.41) is 16.5. The fourth-order valence-electron chi connectivity index (χ4n) is 1.96. The molecule has 0 unspecified atom stereocenters. The molecule has 0 spiro atoms. The van der Waals surface area contributed by atoms with Crippen molar-refractivity contribution in [2.45, 2.75) is 13.1 Å². The Morgan fingerprint density at radius 2 is 2.20 bits per heavy atom. The van der Waals surface area contributed by atoms with Crippen molar-refractivity contribution in [2.75, 3.05) is 30.9 Å². The van der Waals surface area contributed by atoms with E-state index in [-0.39, 0.29) is 6.61 Å². The molecule has 2 rings (SSSR count). The predicted octanol–water partition coefficient (Wildman–Crippen LogP) is 2.32. The molecule has 0 aliphatic heterocycles. The van der Waals surface area contributed by atoms with Crippen LogP contribution in [0.1, 0.15) is 5.56 Å². The van der Waals surface area contributed by atoms with Crippen LogP contribution >= 0.6 is 15.9 Å². The third-order valence-electron chi connectivity index (χ3n) is 2.94. The van der Waals surface area contributed by atoms with Gasteiger partial charge in [-0.3, -0.25) is 4.68 Å². The van der Waals surface area contributed by atoms with Crippen LogP contribution in [0.5, 0.6) is 0 Å². The largest absolute Gasteiger partial charge is 0.394 e. The van der Waals surface area contributed by atoms with Crippen molar-refractivity contribution in [3.8, 4) is 0 Å². The van der Waals surface area contributed by atoms with Gasteiger partial charge in [0.2, 0.25) is 0 Å². The smallest absolute Gasteiger partial charge is 0.0640 e. The summed E-state index contributed by atoms with van der Waals surface area (Å²) in [5.41, 5.74) is 3.29. The van der Waals surface area contributed by atoms with E-state index in [0.29, 0.717) is 13.1 Å². The SMILES string of the molecule is CN(C)c1ccc(Br)cc1NCc1cnn(CCO)c1. The summed E-state index contributed by atoms with van der Waals surface area (Å²) in [6.45, 7) is 1.33. The lowest BCUT2D eigenvalue weighted by molar-refractivity contribution is 0.269. The number of nitrogens with one attached hydrogen (secondary N) is 1. The Morgan fingerprint density at radius 3 is 2.90 bits per heavy atom. The third kappa shape index (κ3) is 3.74. The maximum atomic E-state index is 8.88. The topological polar surface area (TPSA) is 53.3 Å². The molecule has 0 bridgehead atoms. The average Bonchev–Trinajstić information content (AvgIpc) is 2.84. The normalized spacial score (nSPS) is 10.6. The van der Waals surface area contributed by atoms with Crippen LogP contribution in [-0.4, -0.2) is 35.6 Å². The summed E-state index contributed by atoms with van der Waals surface area (Å²) in [7, 11) is 4.04. The Kier molecular flexibility index (Phi) is 5.03. The Labute approximate surface area is 127 Å². The quantitative estimate of drug-likeness (QED) is 0.848. The number of hydrogen-bond acceptors (Lipinski definition) is 4. The maximum Gasteiger partial charge on any atom is 0.0640 e. The van der Waals surface area contributed by atoms with Gasteiger partial charge in [-0.2, -0.15) is 5.10 Å². The van der Waals surface area contributed by atoms with E-state index in [4.69, 9.17) is 5.11 Å². The monoisotopic (exact) mass is 338 g/mol. The molecule has 20 heavy (non-hydrogen) atoms. The van der Waals surface area contributed by atoms with Gasteiger partial charge in [0.05, 0.1) is 30.7 Å². The van der Waals surface area contributed by atoms with Crippen LogP contribution in [0, 0.1) is 0 Å². The van der Waals surface area contributed by atoms with Crippen LogP contribution in [0.4, 0.5) is 11.4 Å². The Balaban J connectivity index is 2.07. The van der Waals surface area contributed by atoms with Crippen LogP contribution in [0.15, 0.2) is 35.1 Å². The molecule has 0 fully saturated rings. The van der Waals surface area contributed by atoms with Gasteiger partial charge in [-0.15, -0.1) is 0 Å². The van der Waals surface area contributed by atoms with Gasteiger partial charge in [0.1, 0.15) is 0 Å². The summed E-state index contributed by atoms with van der Waals surface area (Å²) in [6.07, 6.45) is 3.76. The van der Waals surface area contributed by atoms with E-state index in [1.807, 2.05) is 32.6 Å².